The molecule has 1 amide bonds. The van der Waals surface area contributed by atoms with Crippen LogP contribution in [0.2, 0.25) is 0 Å². The molecule has 0 spiro atoms. The molecule has 0 saturated carbocycles. The molecule has 1 aromatic carbocycles. The van der Waals surface area contributed by atoms with Gasteiger partial charge in [-0.15, -0.1) is 11.3 Å². The molecule has 0 aliphatic carbocycles. The Morgan fingerprint density at radius 2 is 2.11 bits per heavy atom. The van der Waals surface area contributed by atoms with Gasteiger partial charge in [0.05, 0.1) is 0 Å². The van der Waals surface area contributed by atoms with Gasteiger partial charge in [-0.1, -0.05) is 40.2 Å². The van der Waals surface area contributed by atoms with Crippen LogP contribution in [0, 0.1) is 0 Å². The number of benzene rings is 1. The van der Waals surface area contributed by atoms with Gasteiger partial charge >= 0.3 is 0 Å². The molecule has 0 aliphatic heterocycles. The molecule has 1 atom stereocenters. The van der Waals surface area contributed by atoms with Crippen molar-refractivity contribution in [1.82, 2.24) is 5.32 Å². The maximum atomic E-state index is 11.9. The molecule has 0 aliphatic rings. The lowest BCUT2D eigenvalue weighted by molar-refractivity contribution is -0.122. The summed E-state index contributed by atoms with van der Waals surface area (Å²) in [7, 11) is 0. The quantitative estimate of drug-likeness (QED) is 0.908. The normalized spacial score (nSPS) is 12.1. The maximum absolute atomic E-state index is 11.9. The third-order valence-corrected chi connectivity index (χ3v) is 4.27. The van der Waals surface area contributed by atoms with Gasteiger partial charge in [0.25, 0.3) is 0 Å². The molecule has 0 radical (unpaired) electrons. The molecule has 0 fully saturated rings. The second kappa shape index (κ2) is 6.13. The van der Waals surface area contributed by atoms with Crippen molar-refractivity contribution in [2.24, 2.45) is 5.73 Å². The Kier molecular flexibility index (Phi) is 4.52. The van der Waals surface area contributed by atoms with Crippen molar-refractivity contribution in [3.05, 3.63) is 56.7 Å². The van der Waals surface area contributed by atoms with E-state index in [-0.39, 0.29) is 5.91 Å². The molecule has 0 saturated heterocycles. The zero-order valence-corrected chi connectivity index (χ0v) is 12.0. The fraction of sp³-hybridized carbons (Fsp3) is 0.154. The highest BCUT2D eigenvalue weighted by molar-refractivity contribution is 9.10. The van der Waals surface area contributed by atoms with E-state index in [2.05, 4.69) is 21.2 Å². The van der Waals surface area contributed by atoms with E-state index in [1.54, 1.807) is 0 Å². The number of amides is 1. The first-order valence-electron chi connectivity index (χ1n) is 5.48. The predicted octanol–water partition coefficient (Wildman–Crippen LogP) is 2.83. The summed E-state index contributed by atoms with van der Waals surface area (Å²) >= 11 is 4.93. The number of nitrogens with one attached hydrogen (secondary N) is 1. The third kappa shape index (κ3) is 3.19. The monoisotopic (exact) mass is 324 g/mol. The van der Waals surface area contributed by atoms with Crippen LogP contribution in [-0.2, 0) is 11.3 Å². The first-order chi connectivity index (χ1) is 8.68. The molecule has 3 nitrogen and oxygen atoms in total. The molecule has 2 aromatic rings. The molecule has 3 N–H and O–H groups in total. The molecule has 0 bridgehead atoms. The summed E-state index contributed by atoms with van der Waals surface area (Å²) in [6.07, 6.45) is 0. The third-order valence-electron chi connectivity index (χ3n) is 2.54. The lowest BCUT2D eigenvalue weighted by Crippen LogP contribution is -2.33. The van der Waals surface area contributed by atoms with Crippen molar-refractivity contribution in [2.45, 2.75) is 12.6 Å². The highest BCUT2D eigenvalue weighted by Gasteiger charge is 2.16. The van der Waals surface area contributed by atoms with Crippen LogP contribution in [0.4, 0.5) is 0 Å². The zero-order chi connectivity index (χ0) is 13.0. The predicted molar refractivity (Wildman–Crippen MR) is 77.2 cm³/mol. The van der Waals surface area contributed by atoms with Crippen LogP contribution in [-0.4, -0.2) is 5.91 Å². The lowest BCUT2D eigenvalue weighted by Gasteiger charge is -2.11. The molecule has 1 aromatic heterocycles. The van der Waals surface area contributed by atoms with Gasteiger partial charge in [-0.3, -0.25) is 4.79 Å². The lowest BCUT2D eigenvalue weighted by atomic mass is 10.2. The van der Waals surface area contributed by atoms with Gasteiger partial charge < -0.3 is 11.1 Å². The summed E-state index contributed by atoms with van der Waals surface area (Å²) in [5.41, 5.74) is 6.90. The Morgan fingerprint density at radius 3 is 2.78 bits per heavy atom. The van der Waals surface area contributed by atoms with Crippen LogP contribution in [0.1, 0.15) is 16.5 Å². The minimum atomic E-state index is -0.590. The Bertz CT molecular complexity index is 528. The minimum Gasteiger partial charge on any atom is -0.350 e. The smallest absolute Gasteiger partial charge is 0.242 e. The summed E-state index contributed by atoms with van der Waals surface area (Å²) < 4.78 is 0.981. The minimum absolute atomic E-state index is 0.159. The standard InChI is InChI=1S/C13H13BrN2OS/c14-10-5-2-1-4-9(10)8-16-13(17)12(15)11-6-3-7-18-11/h1-7,12H,8,15H2,(H,16,17). The average Bonchev–Trinajstić information content (AvgIpc) is 2.90. The van der Waals surface area contributed by atoms with E-state index in [4.69, 9.17) is 5.73 Å². The number of halogens is 1. The number of carbonyl (C=O) groups is 1. The summed E-state index contributed by atoms with van der Waals surface area (Å²) in [5.74, 6) is -0.159. The van der Waals surface area contributed by atoms with Crippen molar-refractivity contribution < 1.29 is 4.79 Å². The number of nitrogens with two attached hydrogens (primary N) is 1. The van der Waals surface area contributed by atoms with Crippen LogP contribution in [0.3, 0.4) is 0 Å². The van der Waals surface area contributed by atoms with Crippen LogP contribution in [0.5, 0.6) is 0 Å². The highest BCUT2D eigenvalue weighted by Crippen LogP contribution is 2.18. The van der Waals surface area contributed by atoms with Crippen molar-refractivity contribution in [3.63, 3.8) is 0 Å². The molecule has 1 heterocycles. The van der Waals surface area contributed by atoms with E-state index in [0.717, 1.165) is 14.9 Å². The van der Waals surface area contributed by atoms with E-state index in [1.165, 1.54) is 11.3 Å². The Labute approximate surface area is 118 Å². The number of hydrogen-bond acceptors (Lipinski definition) is 3. The van der Waals surface area contributed by atoms with Gasteiger partial charge in [0.15, 0.2) is 0 Å². The van der Waals surface area contributed by atoms with E-state index in [1.807, 2.05) is 41.8 Å². The van der Waals surface area contributed by atoms with Gasteiger partial charge in [-0.05, 0) is 23.1 Å². The van der Waals surface area contributed by atoms with Crippen LogP contribution < -0.4 is 11.1 Å². The van der Waals surface area contributed by atoms with Crippen molar-refractivity contribution >= 4 is 33.2 Å². The summed E-state index contributed by atoms with van der Waals surface area (Å²) in [4.78, 5) is 12.8. The summed E-state index contributed by atoms with van der Waals surface area (Å²) in [6, 6.07) is 10.9. The van der Waals surface area contributed by atoms with E-state index >= 15 is 0 Å². The second-order valence-electron chi connectivity index (χ2n) is 3.80. The average molecular weight is 325 g/mol. The molecule has 5 heteroatoms. The fourth-order valence-electron chi connectivity index (χ4n) is 1.53. The fourth-order valence-corrected chi connectivity index (χ4v) is 2.68. The molecular weight excluding hydrogens is 312 g/mol. The van der Waals surface area contributed by atoms with Crippen LogP contribution in [0.15, 0.2) is 46.3 Å². The number of carbonyl (C=O) groups excluding carboxylic acids is 1. The van der Waals surface area contributed by atoms with Crippen LogP contribution in [0.25, 0.3) is 0 Å². The summed E-state index contributed by atoms with van der Waals surface area (Å²) in [5, 5.41) is 4.75. The maximum Gasteiger partial charge on any atom is 0.242 e. The highest BCUT2D eigenvalue weighted by atomic mass is 79.9. The summed E-state index contributed by atoms with van der Waals surface area (Å²) in [6.45, 7) is 0.472. The first-order valence-corrected chi connectivity index (χ1v) is 7.16. The van der Waals surface area contributed by atoms with Gasteiger partial charge in [0, 0.05) is 15.9 Å². The molecule has 18 heavy (non-hydrogen) atoms. The van der Waals surface area contributed by atoms with E-state index in [0.29, 0.717) is 6.54 Å². The molecule has 94 valence electrons. The number of hydrogen-bond donors (Lipinski definition) is 2. The first kappa shape index (κ1) is 13.3. The van der Waals surface area contributed by atoms with Gasteiger partial charge in [0.1, 0.15) is 6.04 Å². The Hall–Kier alpha value is -1.17. The second-order valence-corrected chi connectivity index (χ2v) is 5.64. The van der Waals surface area contributed by atoms with E-state index < -0.39 is 6.04 Å². The number of thiophene rings is 1. The topological polar surface area (TPSA) is 55.1 Å². The largest absolute Gasteiger partial charge is 0.350 e. The zero-order valence-electron chi connectivity index (χ0n) is 9.60. The van der Waals surface area contributed by atoms with Crippen molar-refractivity contribution in [1.29, 1.82) is 0 Å². The SMILES string of the molecule is NC(C(=O)NCc1ccccc1Br)c1cccs1. The molecule has 2 rings (SSSR count). The van der Waals surface area contributed by atoms with Gasteiger partial charge in [-0.2, -0.15) is 0 Å². The van der Waals surface area contributed by atoms with Crippen LogP contribution >= 0.6 is 27.3 Å². The Morgan fingerprint density at radius 1 is 1.33 bits per heavy atom. The molecule has 1 unspecified atom stereocenters. The molecular formula is C13H13BrN2OS. The Balaban J connectivity index is 1.95. The van der Waals surface area contributed by atoms with Gasteiger partial charge in [-0.25, -0.2) is 0 Å². The van der Waals surface area contributed by atoms with Gasteiger partial charge in [0.2, 0.25) is 5.91 Å². The van der Waals surface area contributed by atoms with Crippen molar-refractivity contribution in [3.8, 4) is 0 Å². The number of rotatable bonds is 4. The van der Waals surface area contributed by atoms with Crippen molar-refractivity contribution in [2.75, 3.05) is 0 Å². The van der Waals surface area contributed by atoms with E-state index in [9.17, 15) is 4.79 Å².